The zero-order valence-corrected chi connectivity index (χ0v) is 7.26. The number of rotatable bonds is 0. The van der Waals surface area contributed by atoms with Crippen LogP contribution in [0.5, 0.6) is 0 Å². The maximum Gasteiger partial charge on any atom is 0.167 e. The minimum atomic E-state index is 0.636. The molecule has 4 heteroatoms. The summed E-state index contributed by atoms with van der Waals surface area (Å²) in [5, 5.41) is 4.75. The number of nitrogens with one attached hydrogen (secondary N) is 1. The molecule has 0 bridgehead atoms. The molecule has 0 unspecified atom stereocenters. The Morgan fingerprint density at radius 2 is 2.33 bits per heavy atom. The van der Waals surface area contributed by atoms with Crippen LogP contribution >= 0.6 is 0 Å². The van der Waals surface area contributed by atoms with Gasteiger partial charge in [0.2, 0.25) is 0 Å². The largest absolute Gasteiger partial charge is 0.363 e. The molecule has 0 spiro atoms. The number of allylic oxidation sites excluding steroid dienone is 2. The summed E-state index contributed by atoms with van der Waals surface area (Å²) in [6, 6.07) is 0. The van der Waals surface area contributed by atoms with Crippen molar-refractivity contribution in [2.24, 2.45) is 10.8 Å². The van der Waals surface area contributed by atoms with Gasteiger partial charge in [-0.2, -0.15) is 0 Å². The summed E-state index contributed by atoms with van der Waals surface area (Å²) in [6.07, 6.45) is 1.89. The summed E-state index contributed by atoms with van der Waals surface area (Å²) in [5.41, 5.74) is 3.48. The van der Waals surface area contributed by atoms with Crippen LogP contribution in [0, 0.1) is 0 Å². The second kappa shape index (κ2) is 2.35. The number of nitrogens with zero attached hydrogens (tertiary/aromatic N) is 2. The van der Waals surface area contributed by atoms with Crippen LogP contribution in [0.1, 0.15) is 13.8 Å². The molecule has 0 aromatic heterocycles. The van der Waals surface area contributed by atoms with Crippen molar-refractivity contribution in [2.45, 2.75) is 13.8 Å². The molecule has 0 radical (unpaired) electrons. The van der Waals surface area contributed by atoms with E-state index in [0.717, 1.165) is 11.5 Å². The fourth-order valence-electron chi connectivity index (χ4n) is 1.43. The molecule has 0 amide bonds. The Kier molecular flexibility index (Phi) is 1.44. The van der Waals surface area contributed by atoms with Crippen LogP contribution in [0.3, 0.4) is 0 Å². The quantitative estimate of drug-likeness (QED) is 0.507. The van der Waals surface area contributed by atoms with Crippen molar-refractivity contribution < 1.29 is 0 Å². The van der Waals surface area contributed by atoms with Gasteiger partial charge in [-0.3, -0.25) is 5.01 Å². The van der Waals surface area contributed by atoms with E-state index in [1.165, 1.54) is 11.1 Å². The normalized spacial score (nSPS) is 21.8. The second-order valence-corrected chi connectivity index (χ2v) is 3.04. The van der Waals surface area contributed by atoms with Crippen molar-refractivity contribution in [3.8, 4) is 0 Å². The maximum absolute atomic E-state index is 5.72. The highest BCUT2D eigenvalue weighted by atomic mass is 15.4. The van der Waals surface area contributed by atoms with Crippen LogP contribution in [-0.2, 0) is 0 Å². The summed E-state index contributed by atoms with van der Waals surface area (Å²) in [7, 11) is 0. The van der Waals surface area contributed by atoms with E-state index in [-0.39, 0.29) is 0 Å². The lowest BCUT2D eigenvalue weighted by Gasteiger charge is -2.22. The Morgan fingerprint density at radius 1 is 1.58 bits per heavy atom. The summed E-state index contributed by atoms with van der Waals surface area (Å²) in [6.45, 7) is 4.75. The molecule has 0 saturated heterocycles. The lowest BCUT2D eigenvalue weighted by Crippen LogP contribution is -2.37. The lowest BCUT2D eigenvalue weighted by molar-refractivity contribution is 0.586. The van der Waals surface area contributed by atoms with E-state index in [4.69, 9.17) is 5.84 Å². The molecule has 0 saturated carbocycles. The molecule has 0 fully saturated rings. The Labute approximate surface area is 71.4 Å². The van der Waals surface area contributed by atoms with E-state index >= 15 is 0 Å². The number of hydrazine groups is 1. The van der Waals surface area contributed by atoms with Gasteiger partial charge in [-0.1, -0.05) is 0 Å². The SMILES string of the molecule is CC1=CN(N)C2=NCNC2=C1C. The fraction of sp³-hybridized carbons (Fsp3) is 0.375. The van der Waals surface area contributed by atoms with Crippen molar-refractivity contribution in [3.63, 3.8) is 0 Å². The maximum atomic E-state index is 5.72. The topological polar surface area (TPSA) is 53.6 Å². The number of hydrogen-bond donors (Lipinski definition) is 2. The third-order valence-electron chi connectivity index (χ3n) is 2.25. The molecular weight excluding hydrogens is 152 g/mol. The number of fused-ring (bicyclic) bond motifs is 1. The molecule has 2 rings (SSSR count). The highest BCUT2D eigenvalue weighted by Gasteiger charge is 2.23. The van der Waals surface area contributed by atoms with Gasteiger partial charge in [-0.15, -0.1) is 0 Å². The van der Waals surface area contributed by atoms with Crippen LogP contribution in [0.4, 0.5) is 0 Å². The van der Waals surface area contributed by atoms with E-state index < -0.39 is 0 Å². The number of amidine groups is 1. The molecule has 0 aromatic rings. The minimum Gasteiger partial charge on any atom is -0.363 e. The Bertz CT molecular complexity index is 311. The highest BCUT2D eigenvalue weighted by Crippen LogP contribution is 2.21. The monoisotopic (exact) mass is 164 g/mol. The molecule has 2 aliphatic heterocycles. The van der Waals surface area contributed by atoms with Crippen molar-refractivity contribution in [1.82, 2.24) is 10.3 Å². The van der Waals surface area contributed by atoms with E-state index in [2.05, 4.69) is 17.2 Å². The Hall–Kier alpha value is -1.29. The predicted molar refractivity (Wildman–Crippen MR) is 47.9 cm³/mol. The molecule has 0 aliphatic carbocycles. The van der Waals surface area contributed by atoms with E-state index in [1.807, 2.05) is 13.1 Å². The van der Waals surface area contributed by atoms with Gasteiger partial charge < -0.3 is 5.32 Å². The molecular formula is C8H12N4. The van der Waals surface area contributed by atoms with Crippen molar-refractivity contribution in [2.75, 3.05) is 6.67 Å². The smallest absolute Gasteiger partial charge is 0.167 e. The number of nitrogens with two attached hydrogens (primary N) is 1. The molecule has 2 aliphatic rings. The average molecular weight is 164 g/mol. The zero-order chi connectivity index (χ0) is 8.72. The van der Waals surface area contributed by atoms with E-state index in [9.17, 15) is 0 Å². The first-order valence-electron chi connectivity index (χ1n) is 3.92. The predicted octanol–water partition coefficient (Wildman–Crippen LogP) is 0.313. The van der Waals surface area contributed by atoms with Gasteiger partial charge in [0.1, 0.15) is 6.67 Å². The van der Waals surface area contributed by atoms with Crippen LogP contribution in [0.15, 0.2) is 28.0 Å². The average Bonchev–Trinajstić information content (AvgIpc) is 2.48. The summed E-state index contributed by atoms with van der Waals surface area (Å²) in [4.78, 5) is 4.23. The fourth-order valence-corrected chi connectivity index (χ4v) is 1.43. The summed E-state index contributed by atoms with van der Waals surface area (Å²) < 4.78 is 0. The third kappa shape index (κ3) is 0.848. The van der Waals surface area contributed by atoms with Gasteiger partial charge in [0.05, 0.1) is 5.70 Å². The van der Waals surface area contributed by atoms with Crippen LogP contribution in [0.25, 0.3) is 0 Å². The van der Waals surface area contributed by atoms with E-state index in [1.54, 1.807) is 5.01 Å². The third-order valence-corrected chi connectivity index (χ3v) is 2.25. The first-order chi connectivity index (χ1) is 5.70. The molecule has 12 heavy (non-hydrogen) atoms. The molecule has 64 valence electrons. The Morgan fingerprint density at radius 3 is 3.08 bits per heavy atom. The van der Waals surface area contributed by atoms with Crippen molar-refractivity contribution in [3.05, 3.63) is 23.0 Å². The number of hydrogen-bond acceptors (Lipinski definition) is 4. The van der Waals surface area contributed by atoms with Gasteiger partial charge in [0, 0.05) is 6.20 Å². The highest BCUT2D eigenvalue weighted by molar-refractivity contribution is 6.01. The standard InChI is InChI=1S/C8H12N4/c1-5-3-12(9)8-7(6(5)2)10-4-11-8/h3,10H,4,9H2,1-2H3. The lowest BCUT2D eigenvalue weighted by atomic mass is 10.1. The molecule has 3 N–H and O–H groups in total. The minimum absolute atomic E-state index is 0.636. The molecule has 0 aromatic carbocycles. The first-order valence-corrected chi connectivity index (χ1v) is 3.92. The molecule has 4 nitrogen and oxygen atoms in total. The van der Waals surface area contributed by atoms with Gasteiger partial charge >= 0.3 is 0 Å². The molecule has 0 atom stereocenters. The van der Waals surface area contributed by atoms with E-state index in [0.29, 0.717) is 6.67 Å². The van der Waals surface area contributed by atoms with Gasteiger partial charge in [0.15, 0.2) is 5.84 Å². The van der Waals surface area contributed by atoms with Crippen molar-refractivity contribution >= 4 is 5.84 Å². The van der Waals surface area contributed by atoms with Crippen molar-refractivity contribution in [1.29, 1.82) is 0 Å². The van der Waals surface area contributed by atoms with Gasteiger partial charge in [-0.05, 0) is 25.0 Å². The Balaban J connectivity index is 2.50. The van der Waals surface area contributed by atoms with Gasteiger partial charge in [-0.25, -0.2) is 10.8 Å². The van der Waals surface area contributed by atoms with Crippen LogP contribution < -0.4 is 11.2 Å². The van der Waals surface area contributed by atoms with Crippen LogP contribution in [0.2, 0.25) is 0 Å². The molecule has 2 heterocycles. The first kappa shape index (κ1) is 7.36. The second-order valence-electron chi connectivity index (χ2n) is 3.04. The zero-order valence-electron chi connectivity index (χ0n) is 7.26. The summed E-state index contributed by atoms with van der Waals surface area (Å²) in [5.74, 6) is 6.57. The van der Waals surface area contributed by atoms with Gasteiger partial charge in [0.25, 0.3) is 0 Å². The number of aliphatic imine (C=N–C) groups is 1. The summed E-state index contributed by atoms with van der Waals surface area (Å²) >= 11 is 0. The van der Waals surface area contributed by atoms with Crippen LogP contribution in [-0.4, -0.2) is 17.5 Å².